The normalized spacial score (nSPS) is 10.5. The van der Waals surface area contributed by atoms with E-state index < -0.39 is 0 Å². The third kappa shape index (κ3) is 3.88. The van der Waals surface area contributed by atoms with Crippen molar-refractivity contribution < 1.29 is 9.47 Å². The van der Waals surface area contributed by atoms with Crippen molar-refractivity contribution in [1.82, 2.24) is 20.2 Å². The molecule has 2 rings (SSSR count). The predicted octanol–water partition coefficient (Wildman–Crippen LogP) is 2.87. The number of nitrogens with zero attached hydrogens (tertiary/aromatic N) is 4. The first kappa shape index (κ1) is 16.5. The molecule has 0 unspecified atom stereocenters. The molecule has 0 aliphatic rings. The van der Waals surface area contributed by atoms with E-state index in [2.05, 4.69) is 43.7 Å². The fourth-order valence-corrected chi connectivity index (χ4v) is 2.46. The van der Waals surface area contributed by atoms with Crippen LogP contribution in [-0.4, -0.2) is 34.4 Å². The Morgan fingerprint density at radius 2 is 1.95 bits per heavy atom. The highest BCUT2D eigenvalue weighted by atomic mass is 79.9. The fourth-order valence-electron chi connectivity index (χ4n) is 2.00. The maximum absolute atomic E-state index is 5.33. The van der Waals surface area contributed by atoms with Gasteiger partial charge in [0.25, 0.3) is 0 Å². The van der Waals surface area contributed by atoms with Gasteiger partial charge < -0.3 is 14.8 Å². The molecule has 120 valence electrons. The molecule has 22 heavy (non-hydrogen) atoms. The van der Waals surface area contributed by atoms with Crippen molar-refractivity contribution in [3.05, 3.63) is 22.2 Å². The lowest BCUT2D eigenvalue weighted by molar-refractivity contribution is 0.354. The summed E-state index contributed by atoms with van der Waals surface area (Å²) in [7, 11) is 3.23. The number of nitrogens with one attached hydrogen (secondary N) is 1. The Hall–Kier alpha value is -1.83. The highest BCUT2D eigenvalue weighted by Gasteiger charge is 2.11. The van der Waals surface area contributed by atoms with Gasteiger partial charge in [0.2, 0.25) is 5.95 Å². The summed E-state index contributed by atoms with van der Waals surface area (Å²) in [6, 6.07) is 3.81. The molecule has 0 saturated heterocycles. The third-order valence-corrected chi connectivity index (χ3v) is 3.98. The van der Waals surface area contributed by atoms with E-state index in [1.54, 1.807) is 18.9 Å². The predicted molar refractivity (Wildman–Crippen MR) is 87.3 cm³/mol. The summed E-state index contributed by atoms with van der Waals surface area (Å²) in [6.45, 7) is 3.52. The summed E-state index contributed by atoms with van der Waals surface area (Å²) in [5, 5.41) is 15.0. The monoisotopic (exact) mass is 369 g/mol. The minimum absolute atomic E-state index is 0.577. The van der Waals surface area contributed by atoms with Crippen LogP contribution in [0.3, 0.4) is 0 Å². The second-order valence-electron chi connectivity index (χ2n) is 4.73. The molecule has 0 atom stereocenters. The Morgan fingerprint density at radius 3 is 2.64 bits per heavy atom. The third-order valence-electron chi connectivity index (χ3n) is 3.24. The number of rotatable bonds is 8. The molecule has 0 amide bonds. The van der Waals surface area contributed by atoms with Gasteiger partial charge in [0, 0.05) is 17.6 Å². The molecule has 0 saturated carbocycles. The number of unbranched alkanes of at least 4 members (excludes halogenated alkanes) is 1. The second-order valence-corrected chi connectivity index (χ2v) is 5.59. The van der Waals surface area contributed by atoms with E-state index >= 15 is 0 Å². The molecule has 1 aromatic heterocycles. The van der Waals surface area contributed by atoms with Crippen LogP contribution in [0.25, 0.3) is 0 Å². The highest BCUT2D eigenvalue weighted by molar-refractivity contribution is 9.10. The van der Waals surface area contributed by atoms with Crippen molar-refractivity contribution in [3.63, 3.8) is 0 Å². The van der Waals surface area contributed by atoms with Gasteiger partial charge in [-0.05, 0) is 34.5 Å². The van der Waals surface area contributed by atoms with Gasteiger partial charge in [-0.3, -0.25) is 0 Å². The molecule has 0 bridgehead atoms. The van der Waals surface area contributed by atoms with E-state index in [0.29, 0.717) is 24.0 Å². The van der Waals surface area contributed by atoms with Gasteiger partial charge in [-0.1, -0.05) is 34.4 Å². The number of anilines is 1. The van der Waals surface area contributed by atoms with Crippen LogP contribution in [0.15, 0.2) is 16.6 Å². The number of hydrogen-bond acceptors (Lipinski definition) is 6. The van der Waals surface area contributed by atoms with E-state index in [1.807, 2.05) is 12.1 Å². The maximum Gasteiger partial charge on any atom is 0.243 e. The van der Waals surface area contributed by atoms with Crippen molar-refractivity contribution >= 4 is 21.9 Å². The van der Waals surface area contributed by atoms with Gasteiger partial charge in [-0.2, -0.15) is 0 Å². The summed E-state index contributed by atoms with van der Waals surface area (Å²) < 4.78 is 13.3. The molecule has 2 aromatic rings. The molecule has 0 aliphatic heterocycles. The van der Waals surface area contributed by atoms with Crippen molar-refractivity contribution in [3.8, 4) is 11.5 Å². The Kier molecular flexibility index (Phi) is 6.00. The number of tetrazole rings is 1. The first-order valence-corrected chi connectivity index (χ1v) is 7.89. The van der Waals surface area contributed by atoms with Crippen LogP contribution in [0.2, 0.25) is 0 Å². The smallest absolute Gasteiger partial charge is 0.243 e. The first-order chi connectivity index (χ1) is 10.7. The molecule has 1 N–H and O–H groups in total. The minimum Gasteiger partial charge on any atom is -0.493 e. The first-order valence-electron chi connectivity index (χ1n) is 7.10. The highest BCUT2D eigenvalue weighted by Crippen LogP contribution is 2.33. The lowest BCUT2D eigenvalue weighted by Crippen LogP contribution is -2.09. The Bertz CT molecular complexity index is 617. The van der Waals surface area contributed by atoms with Crippen LogP contribution in [0.4, 0.5) is 5.95 Å². The number of methoxy groups -OCH3 is 2. The van der Waals surface area contributed by atoms with E-state index in [0.717, 1.165) is 29.4 Å². The maximum atomic E-state index is 5.33. The summed E-state index contributed by atoms with van der Waals surface area (Å²) in [4.78, 5) is 0. The minimum atomic E-state index is 0.577. The molecule has 1 heterocycles. The zero-order valence-electron chi connectivity index (χ0n) is 13.0. The van der Waals surface area contributed by atoms with E-state index in [-0.39, 0.29) is 0 Å². The average molecular weight is 370 g/mol. The second kappa shape index (κ2) is 7.98. The summed E-state index contributed by atoms with van der Waals surface area (Å²) in [6.07, 6.45) is 2.14. The quantitative estimate of drug-likeness (QED) is 0.770. The standard InChI is InChI=1S/C14H20BrN5O2/c1-4-5-6-20-14(17-18-19-20)16-9-10-7-12(21-2)13(22-3)8-11(10)15/h7-8H,4-6,9H2,1-3H3,(H,16,17,19). The van der Waals surface area contributed by atoms with Gasteiger partial charge in [-0.25, -0.2) is 4.68 Å². The van der Waals surface area contributed by atoms with E-state index in [9.17, 15) is 0 Å². The van der Waals surface area contributed by atoms with Gasteiger partial charge >= 0.3 is 0 Å². The lowest BCUT2D eigenvalue weighted by atomic mass is 10.2. The van der Waals surface area contributed by atoms with Crippen LogP contribution in [0.1, 0.15) is 25.3 Å². The number of ether oxygens (including phenoxy) is 2. The van der Waals surface area contributed by atoms with Crippen molar-refractivity contribution in [1.29, 1.82) is 0 Å². The van der Waals surface area contributed by atoms with Gasteiger partial charge in [0.05, 0.1) is 14.2 Å². The molecule has 0 radical (unpaired) electrons. The number of hydrogen-bond donors (Lipinski definition) is 1. The van der Waals surface area contributed by atoms with Crippen molar-refractivity contribution in [2.45, 2.75) is 32.9 Å². The Morgan fingerprint density at radius 1 is 1.23 bits per heavy atom. The number of halogens is 1. The zero-order valence-corrected chi connectivity index (χ0v) is 14.6. The Labute approximate surface area is 138 Å². The molecule has 1 aromatic carbocycles. The summed E-state index contributed by atoms with van der Waals surface area (Å²) >= 11 is 3.54. The largest absolute Gasteiger partial charge is 0.493 e. The SMILES string of the molecule is CCCCn1nnnc1NCc1cc(OC)c(OC)cc1Br. The molecule has 8 heteroatoms. The van der Waals surface area contributed by atoms with Crippen LogP contribution in [-0.2, 0) is 13.1 Å². The molecular weight excluding hydrogens is 350 g/mol. The van der Waals surface area contributed by atoms with E-state index in [4.69, 9.17) is 9.47 Å². The number of aromatic nitrogens is 4. The fraction of sp³-hybridized carbons (Fsp3) is 0.500. The van der Waals surface area contributed by atoms with Gasteiger partial charge in [-0.15, -0.1) is 0 Å². The van der Waals surface area contributed by atoms with Crippen molar-refractivity contribution in [2.24, 2.45) is 0 Å². The Balaban J connectivity index is 2.10. The molecule has 7 nitrogen and oxygen atoms in total. The van der Waals surface area contributed by atoms with Crippen LogP contribution in [0, 0.1) is 0 Å². The molecule has 0 fully saturated rings. The molecule has 0 aliphatic carbocycles. The number of benzene rings is 1. The van der Waals surface area contributed by atoms with Crippen LogP contribution >= 0.6 is 15.9 Å². The molecular formula is C14H20BrN5O2. The van der Waals surface area contributed by atoms with E-state index in [1.165, 1.54) is 0 Å². The molecule has 0 spiro atoms. The van der Waals surface area contributed by atoms with Gasteiger partial charge in [0.15, 0.2) is 11.5 Å². The zero-order chi connectivity index (χ0) is 15.9. The van der Waals surface area contributed by atoms with Crippen molar-refractivity contribution in [2.75, 3.05) is 19.5 Å². The topological polar surface area (TPSA) is 74.1 Å². The van der Waals surface area contributed by atoms with Crippen LogP contribution in [0.5, 0.6) is 11.5 Å². The lowest BCUT2D eigenvalue weighted by Gasteiger charge is -2.12. The number of aryl methyl sites for hydroxylation is 1. The summed E-state index contributed by atoms with van der Waals surface area (Å²) in [5.74, 6) is 2.04. The van der Waals surface area contributed by atoms with Gasteiger partial charge in [0.1, 0.15) is 0 Å². The summed E-state index contributed by atoms with van der Waals surface area (Å²) in [5.41, 5.74) is 1.03. The average Bonchev–Trinajstić information content (AvgIpc) is 2.98. The van der Waals surface area contributed by atoms with Crippen LogP contribution < -0.4 is 14.8 Å².